The van der Waals surface area contributed by atoms with Gasteiger partial charge >= 0.3 is 5.88 Å². The standard InChI is InChI=1S/C16H15N3O5S/c1-25-12-4-2-3-11(7-12)17-15(20)10-8-18(9-10)16(21)13-5-6-14(24-13)19(22)23/h2-7,10H,8-9H2,1H3,(H,17,20). The first-order valence-electron chi connectivity index (χ1n) is 7.46. The SMILES string of the molecule is CSc1cccc(NC(=O)C2CN(C(=O)c3ccc([N+](=O)[O-])o3)C2)c1. The molecule has 0 saturated carbocycles. The van der Waals surface area contributed by atoms with E-state index in [0.717, 1.165) is 11.0 Å². The highest BCUT2D eigenvalue weighted by atomic mass is 32.2. The lowest BCUT2D eigenvalue weighted by Crippen LogP contribution is -2.54. The van der Waals surface area contributed by atoms with E-state index in [0.29, 0.717) is 5.69 Å². The van der Waals surface area contributed by atoms with E-state index < -0.39 is 16.7 Å². The van der Waals surface area contributed by atoms with Crippen molar-refractivity contribution < 1.29 is 18.9 Å². The number of rotatable bonds is 5. The summed E-state index contributed by atoms with van der Waals surface area (Å²) in [5.74, 6) is -1.51. The first-order valence-corrected chi connectivity index (χ1v) is 8.69. The van der Waals surface area contributed by atoms with Gasteiger partial charge < -0.3 is 14.6 Å². The number of carbonyl (C=O) groups is 2. The number of amides is 2. The molecule has 1 aliphatic rings. The second kappa shape index (κ2) is 6.98. The summed E-state index contributed by atoms with van der Waals surface area (Å²) in [6.07, 6.45) is 1.95. The molecule has 1 saturated heterocycles. The van der Waals surface area contributed by atoms with Crippen LogP contribution in [0.4, 0.5) is 11.6 Å². The van der Waals surface area contributed by atoms with Crippen LogP contribution in [0.15, 0.2) is 45.7 Å². The van der Waals surface area contributed by atoms with Gasteiger partial charge in [0.1, 0.15) is 4.92 Å². The van der Waals surface area contributed by atoms with Crippen LogP contribution in [0.5, 0.6) is 0 Å². The van der Waals surface area contributed by atoms with E-state index in [-0.39, 0.29) is 30.7 Å². The lowest BCUT2D eigenvalue weighted by molar-refractivity contribution is -0.402. The Morgan fingerprint density at radius 1 is 1.32 bits per heavy atom. The van der Waals surface area contributed by atoms with Gasteiger partial charge in [-0.15, -0.1) is 11.8 Å². The zero-order chi connectivity index (χ0) is 18.0. The Labute approximate surface area is 147 Å². The molecular formula is C16H15N3O5S. The second-order valence-electron chi connectivity index (χ2n) is 5.52. The summed E-state index contributed by atoms with van der Waals surface area (Å²) in [5.41, 5.74) is 0.711. The summed E-state index contributed by atoms with van der Waals surface area (Å²) in [4.78, 5) is 36.7. The fourth-order valence-corrected chi connectivity index (χ4v) is 2.91. The van der Waals surface area contributed by atoms with Gasteiger partial charge in [0.05, 0.1) is 12.0 Å². The maximum atomic E-state index is 12.2. The molecule has 2 amide bonds. The smallest absolute Gasteiger partial charge is 0.395 e. The Morgan fingerprint density at radius 3 is 2.72 bits per heavy atom. The molecule has 0 bridgehead atoms. The van der Waals surface area contributed by atoms with Crippen molar-refractivity contribution in [3.8, 4) is 0 Å². The van der Waals surface area contributed by atoms with Crippen LogP contribution in [-0.2, 0) is 4.79 Å². The molecule has 0 spiro atoms. The van der Waals surface area contributed by atoms with Gasteiger partial charge in [0, 0.05) is 23.7 Å². The topological polar surface area (TPSA) is 106 Å². The molecule has 1 aromatic heterocycles. The Morgan fingerprint density at radius 2 is 2.08 bits per heavy atom. The molecule has 0 atom stereocenters. The zero-order valence-electron chi connectivity index (χ0n) is 13.3. The van der Waals surface area contributed by atoms with Crippen molar-refractivity contribution in [2.75, 3.05) is 24.7 Å². The molecule has 0 aliphatic carbocycles. The number of likely N-dealkylation sites (tertiary alicyclic amines) is 1. The summed E-state index contributed by atoms with van der Waals surface area (Å²) in [6.45, 7) is 0.503. The number of thioether (sulfide) groups is 1. The minimum Gasteiger partial charge on any atom is -0.395 e. The van der Waals surface area contributed by atoms with Gasteiger partial charge in [-0.05, 0) is 30.5 Å². The Bertz CT molecular complexity index is 829. The summed E-state index contributed by atoms with van der Waals surface area (Å²) < 4.78 is 4.89. The molecule has 1 N–H and O–H groups in total. The van der Waals surface area contributed by atoms with Gasteiger partial charge in [-0.1, -0.05) is 6.07 Å². The zero-order valence-corrected chi connectivity index (χ0v) is 14.1. The van der Waals surface area contributed by atoms with Crippen LogP contribution in [0.2, 0.25) is 0 Å². The average molecular weight is 361 g/mol. The van der Waals surface area contributed by atoms with Crippen LogP contribution in [0, 0.1) is 16.0 Å². The van der Waals surface area contributed by atoms with Crippen molar-refractivity contribution in [3.05, 3.63) is 52.3 Å². The number of nitro groups is 1. The molecule has 1 aliphatic heterocycles. The molecular weight excluding hydrogens is 346 g/mol. The maximum absolute atomic E-state index is 12.2. The molecule has 0 unspecified atom stereocenters. The van der Waals surface area contributed by atoms with Crippen molar-refractivity contribution in [1.82, 2.24) is 4.90 Å². The average Bonchev–Trinajstić information content (AvgIpc) is 3.03. The number of nitrogens with one attached hydrogen (secondary N) is 1. The van der Waals surface area contributed by atoms with Crippen LogP contribution in [-0.4, -0.2) is 41.0 Å². The molecule has 25 heavy (non-hydrogen) atoms. The summed E-state index contributed by atoms with van der Waals surface area (Å²) >= 11 is 1.58. The Hall–Kier alpha value is -2.81. The Balaban J connectivity index is 1.55. The number of nitrogens with zero attached hydrogens (tertiary/aromatic N) is 2. The molecule has 2 heterocycles. The van der Waals surface area contributed by atoms with E-state index in [9.17, 15) is 19.7 Å². The minimum absolute atomic E-state index is 0.0989. The molecule has 0 radical (unpaired) electrons. The lowest BCUT2D eigenvalue weighted by atomic mass is 9.98. The molecule has 2 aromatic rings. The van der Waals surface area contributed by atoms with Crippen LogP contribution in [0.25, 0.3) is 0 Å². The van der Waals surface area contributed by atoms with E-state index in [1.807, 2.05) is 24.5 Å². The number of hydrogen-bond acceptors (Lipinski definition) is 6. The highest BCUT2D eigenvalue weighted by Crippen LogP contribution is 2.24. The van der Waals surface area contributed by atoms with Crippen molar-refractivity contribution in [2.24, 2.45) is 5.92 Å². The van der Waals surface area contributed by atoms with Gasteiger partial charge in [-0.3, -0.25) is 19.7 Å². The van der Waals surface area contributed by atoms with Crippen LogP contribution in [0.3, 0.4) is 0 Å². The number of benzene rings is 1. The third kappa shape index (κ3) is 3.66. The Kier molecular flexibility index (Phi) is 4.75. The third-order valence-corrected chi connectivity index (χ3v) is 4.58. The summed E-state index contributed by atoms with van der Waals surface area (Å²) in [7, 11) is 0. The fourth-order valence-electron chi connectivity index (χ4n) is 2.45. The van der Waals surface area contributed by atoms with Crippen molar-refractivity contribution in [1.29, 1.82) is 0 Å². The first kappa shape index (κ1) is 17.0. The second-order valence-corrected chi connectivity index (χ2v) is 6.40. The molecule has 130 valence electrons. The lowest BCUT2D eigenvalue weighted by Gasteiger charge is -2.37. The van der Waals surface area contributed by atoms with Crippen molar-refractivity contribution in [3.63, 3.8) is 0 Å². The van der Waals surface area contributed by atoms with E-state index in [1.165, 1.54) is 11.0 Å². The van der Waals surface area contributed by atoms with Crippen LogP contribution < -0.4 is 5.32 Å². The van der Waals surface area contributed by atoms with Gasteiger partial charge in [-0.2, -0.15) is 0 Å². The number of furan rings is 1. The van der Waals surface area contributed by atoms with Crippen LogP contribution >= 0.6 is 11.8 Å². The van der Waals surface area contributed by atoms with Crippen molar-refractivity contribution in [2.45, 2.75) is 4.90 Å². The summed E-state index contributed by atoms with van der Waals surface area (Å²) in [5, 5.41) is 13.4. The third-order valence-electron chi connectivity index (χ3n) is 3.86. The molecule has 9 heteroatoms. The predicted octanol–water partition coefficient (Wildman–Crippen LogP) is 2.62. The molecule has 1 fully saturated rings. The number of anilines is 1. The van der Waals surface area contributed by atoms with Gasteiger partial charge in [0.2, 0.25) is 5.91 Å². The maximum Gasteiger partial charge on any atom is 0.433 e. The van der Waals surface area contributed by atoms with Crippen molar-refractivity contribution >= 4 is 35.1 Å². The summed E-state index contributed by atoms with van der Waals surface area (Å²) in [6, 6.07) is 9.90. The molecule has 8 nitrogen and oxygen atoms in total. The number of hydrogen-bond donors (Lipinski definition) is 1. The minimum atomic E-state index is -0.703. The largest absolute Gasteiger partial charge is 0.433 e. The van der Waals surface area contributed by atoms with E-state index in [1.54, 1.807) is 17.8 Å². The van der Waals surface area contributed by atoms with Gasteiger partial charge in [-0.25, -0.2) is 0 Å². The quantitative estimate of drug-likeness (QED) is 0.498. The molecule has 1 aromatic carbocycles. The fraction of sp³-hybridized carbons (Fsp3) is 0.250. The predicted molar refractivity (Wildman–Crippen MR) is 91.6 cm³/mol. The monoisotopic (exact) mass is 361 g/mol. The normalized spacial score (nSPS) is 14.0. The van der Waals surface area contributed by atoms with Gasteiger partial charge in [0.15, 0.2) is 5.76 Å². The number of carbonyl (C=O) groups excluding carboxylic acids is 2. The highest BCUT2D eigenvalue weighted by Gasteiger charge is 2.37. The van der Waals surface area contributed by atoms with Gasteiger partial charge in [0.25, 0.3) is 5.91 Å². The highest BCUT2D eigenvalue weighted by molar-refractivity contribution is 7.98. The van der Waals surface area contributed by atoms with E-state index in [4.69, 9.17) is 4.42 Å². The van der Waals surface area contributed by atoms with Crippen LogP contribution in [0.1, 0.15) is 10.6 Å². The first-order chi connectivity index (χ1) is 12.0. The molecule has 3 rings (SSSR count). The van der Waals surface area contributed by atoms with E-state index in [2.05, 4.69) is 5.32 Å². The van der Waals surface area contributed by atoms with E-state index >= 15 is 0 Å².